The van der Waals surface area contributed by atoms with Crippen LogP contribution in [0.2, 0.25) is 0 Å². The average Bonchev–Trinajstić information content (AvgIpc) is 2.50. The Morgan fingerprint density at radius 2 is 1.26 bits per heavy atom. The van der Waals surface area contributed by atoms with E-state index in [0.717, 1.165) is 0 Å². The Morgan fingerprint density at radius 1 is 0.783 bits per heavy atom. The standard InChI is InChI=1S/C5H7N5O2.C5H9N5O/c1-12-4-2(10-11)3(6)8-5(7)9-4;1-11-4-2(6)3(7)9-5(8)10-4/h1H3,(H4,6,7,8,9);6H2,1H3,(H4,7,8,9,10). The summed E-state index contributed by atoms with van der Waals surface area (Å²) in [5, 5.41) is 2.60. The number of nitrogen functional groups attached to an aromatic ring is 5. The molecule has 2 aromatic rings. The SMILES string of the molecule is COc1nc(N)nc(N)c1N.COc1nc(N)nc(N)c1N=O. The number of nitrogens with zero attached hydrogens (tertiary/aromatic N) is 5. The minimum atomic E-state index is -0.133. The Hall–Kier alpha value is -3.64. The van der Waals surface area contributed by atoms with E-state index in [-0.39, 0.29) is 46.7 Å². The molecular formula is C10H16N10O3. The summed E-state index contributed by atoms with van der Waals surface area (Å²) in [5.41, 5.74) is 26.7. The zero-order chi connectivity index (χ0) is 17.6. The molecule has 0 saturated carbocycles. The number of methoxy groups -OCH3 is 2. The minimum Gasteiger partial charge on any atom is -0.479 e. The lowest BCUT2D eigenvalue weighted by Gasteiger charge is -2.04. The summed E-state index contributed by atoms with van der Waals surface area (Å²) in [6.45, 7) is 0. The van der Waals surface area contributed by atoms with Gasteiger partial charge in [-0.25, -0.2) is 0 Å². The second-order valence-corrected chi connectivity index (χ2v) is 3.81. The van der Waals surface area contributed by atoms with Crippen LogP contribution in [0.1, 0.15) is 0 Å². The fourth-order valence-corrected chi connectivity index (χ4v) is 1.33. The molecule has 2 rings (SSSR count). The molecular weight excluding hydrogens is 308 g/mol. The number of aromatic nitrogens is 4. The van der Waals surface area contributed by atoms with E-state index in [4.69, 9.17) is 38.1 Å². The predicted molar refractivity (Wildman–Crippen MR) is 84.7 cm³/mol. The summed E-state index contributed by atoms with van der Waals surface area (Å²) in [6.07, 6.45) is 0. The lowest BCUT2D eigenvalue weighted by Crippen LogP contribution is -2.06. The molecule has 23 heavy (non-hydrogen) atoms. The van der Waals surface area contributed by atoms with Crippen LogP contribution in [0, 0.1) is 4.91 Å². The molecule has 0 radical (unpaired) electrons. The first-order valence-electron chi connectivity index (χ1n) is 5.86. The number of hydrogen-bond acceptors (Lipinski definition) is 13. The summed E-state index contributed by atoms with van der Waals surface area (Å²) >= 11 is 0. The van der Waals surface area contributed by atoms with Crippen molar-refractivity contribution in [1.82, 2.24) is 19.9 Å². The fraction of sp³-hybridized carbons (Fsp3) is 0.200. The van der Waals surface area contributed by atoms with Crippen molar-refractivity contribution in [3.63, 3.8) is 0 Å². The molecule has 0 amide bonds. The van der Waals surface area contributed by atoms with E-state index in [1.54, 1.807) is 0 Å². The zero-order valence-electron chi connectivity index (χ0n) is 12.3. The minimum absolute atomic E-state index is 0.0185. The number of nitrogens with two attached hydrogens (primary N) is 5. The maximum Gasteiger partial charge on any atom is 0.250 e. The average molecular weight is 324 g/mol. The first-order chi connectivity index (χ1) is 10.8. The summed E-state index contributed by atoms with van der Waals surface area (Å²) in [7, 11) is 2.76. The van der Waals surface area contributed by atoms with E-state index in [1.807, 2.05) is 0 Å². The Balaban J connectivity index is 0.000000231. The molecule has 0 bridgehead atoms. The van der Waals surface area contributed by atoms with E-state index in [9.17, 15) is 4.91 Å². The van der Waals surface area contributed by atoms with Gasteiger partial charge in [-0.1, -0.05) is 0 Å². The third-order valence-corrected chi connectivity index (χ3v) is 2.33. The van der Waals surface area contributed by atoms with Crippen LogP contribution in [0.5, 0.6) is 11.8 Å². The maximum atomic E-state index is 10.2. The first kappa shape index (κ1) is 17.4. The third kappa shape index (κ3) is 4.16. The number of nitroso groups, excluding NO2 is 1. The zero-order valence-corrected chi connectivity index (χ0v) is 12.3. The second-order valence-electron chi connectivity index (χ2n) is 3.81. The largest absolute Gasteiger partial charge is 0.479 e. The van der Waals surface area contributed by atoms with Gasteiger partial charge >= 0.3 is 0 Å². The summed E-state index contributed by atoms with van der Waals surface area (Å²) < 4.78 is 9.46. The van der Waals surface area contributed by atoms with Crippen molar-refractivity contribution in [3.05, 3.63) is 4.91 Å². The van der Waals surface area contributed by atoms with Crippen molar-refractivity contribution in [1.29, 1.82) is 0 Å². The van der Waals surface area contributed by atoms with Crippen LogP contribution < -0.4 is 38.1 Å². The van der Waals surface area contributed by atoms with Crippen molar-refractivity contribution in [2.45, 2.75) is 0 Å². The molecule has 0 unspecified atom stereocenters. The van der Waals surface area contributed by atoms with Crippen molar-refractivity contribution in [3.8, 4) is 11.8 Å². The van der Waals surface area contributed by atoms with Crippen molar-refractivity contribution >= 4 is 34.9 Å². The molecule has 0 aliphatic heterocycles. The van der Waals surface area contributed by atoms with Crippen molar-refractivity contribution < 1.29 is 9.47 Å². The van der Waals surface area contributed by atoms with E-state index < -0.39 is 0 Å². The predicted octanol–water partition coefficient (Wildman–Crippen LogP) is -0.721. The van der Waals surface area contributed by atoms with Gasteiger partial charge in [0.2, 0.25) is 23.5 Å². The Labute approximate surface area is 130 Å². The molecule has 0 aromatic carbocycles. The number of hydrogen-bond donors (Lipinski definition) is 5. The van der Waals surface area contributed by atoms with Gasteiger partial charge in [0.15, 0.2) is 11.6 Å². The summed E-state index contributed by atoms with van der Waals surface area (Å²) in [6, 6.07) is 0. The van der Waals surface area contributed by atoms with E-state index in [2.05, 4.69) is 25.1 Å². The Morgan fingerprint density at radius 3 is 1.74 bits per heavy atom. The second kappa shape index (κ2) is 7.39. The highest BCUT2D eigenvalue weighted by Crippen LogP contribution is 2.30. The van der Waals surface area contributed by atoms with Crippen LogP contribution in [-0.2, 0) is 0 Å². The van der Waals surface area contributed by atoms with Gasteiger partial charge < -0.3 is 38.1 Å². The molecule has 0 saturated heterocycles. The maximum absolute atomic E-state index is 10.2. The summed E-state index contributed by atoms with van der Waals surface area (Å²) in [4.78, 5) is 24.6. The van der Waals surface area contributed by atoms with E-state index >= 15 is 0 Å². The lowest BCUT2D eigenvalue weighted by atomic mass is 10.5. The molecule has 10 N–H and O–H groups in total. The highest BCUT2D eigenvalue weighted by Gasteiger charge is 2.11. The number of ether oxygens (including phenoxy) is 2. The van der Waals surface area contributed by atoms with Gasteiger partial charge in [-0.3, -0.25) is 0 Å². The van der Waals surface area contributed by atoms with Gasteiger partial charge in [-0.2, -0.15) is 19.9 Å². The van der Waals surface area contributed by atoms with E-state index in [1.165, 1.54) is 14.2 Å². The monoisotopic (exact) mass is 324 g/mol. The molecule has 2 heterocycles. The van der Waals surface area contributed by atoms with Crippen LogP contribution in [-0.4, -0.2) is 34.2 Å². The molecule has 2 aromatic heterocycles. The van der Waals surface area contributed by atoms with Crippen LogP contribution in [0.25, 0.3) is 0 Å². The Kier molecular flexibility index (Phi) is 5.60. The van der Waals surface area contributed by atoms with Crippen LogP contribution >= 0.6 is 0 Å². The van der Waals surface area contributed by atoms with Crippen LogP contribution in [0.3, 0.4) is 0 Å². The van der Waals surface area contributed by atoms with Crippen molar-refractivity contribution in [2.24, 2.45) is 5.18 Å². The topological polar surface area (TPSA) is 230 Å². The van der Waals surface area contributed by atoms with Crippen LogP contribution in [0.4, 0.5) is 34.9 Å². The van der Waals surface area contributed by atoms with Gasteiger partial charge in [-0.05, 0) is 5.18 Å². The van der Waals surface area contributed by atoms with Gasteiger partial charge in [-0.15, -0.1) is 4.91 Å². The third-order valence-electron chi connectivity index (χ3n) is 2.33. The highest BCUT2D eigenvalue weighted by molar-refractivity contribution is 5.66. The normalized spacial score (nSPS) is 9.48. The molecule has 0 spiro atoms. The van der Waals surface area contributed by atoms with Gasteiger partial charge in [0.25, 0.3) is 5.88 Å². The molecule has 0 aliphatic rings. The van der Waals surface area contributed by atoms with E-state index in [0.29, 0.717) is 0 Å². The molecule has 13 nitrogen and oxygen atoms in total. The number of rotatable bonds is 3. The smallest absolute Gasteiger partial charge is 0.250 e. The molecule has 124 valence electrons. The van der Waals surface area contributed by atoms with Gasteiger partial charge in [0.05, 0.1) is 14.2 Å². The lowest BCUT2D eigenvalue weighted by molar-refractivity contribution is 0.399. The Bertz CT molecular complexity index is 708. The molecule has 0 atom stereocenters. The fourth-order valence-electron chi connectivity index (χ4n) is 1.33. The number of anilines is 5. The first-order valence-corrected chi connectivity index (χ1v) is 5.86. The summed E-state index contributed by atoms with van der Waals surface area (Å²) in [5.74, 6) is 0.221. The van der Waals surface area contributed by atoms with Gasteiger partial charge in [0.1, 0.15) is 5.69 Å². The van der Waals surface area contributed by atoms with Crippen molar-refractivity contribution in [2.75, 3.05) is 42.9 Å². The molecule has 0 aliphatic carbocycles. The van der Waals surface area contributed by atoms with Crippen LogP contribution in [0.15, 0.2) is 5.18 Å². The molecule has 0 fully saturated rings. The quantitative estimate of drug-likeness (QED) is 0.440. The highest BCUT2D eigenvalue weighted by atomic mass is 16.5. The molecule has 13 heteroatoms. The van der Waals surface area contributed by atoms with Gasteiger partial charge in [0, 0.05) is 0 Å².